The quantitative estimate of drug-likeness (QED) is 0.854. The first-order chi connectivity index (χ1) is 8.97. The van der Waals surface area contributed by atoms with Crippen LogP contribution in [0.5, 0.6) is 0 Å². The molecular weight excluding hydrogens is 242 g/mol. The lowest BCUT2D eigenvalue weighted by Gasteiger charge is -2.17. The van der Waals surface area contributed by atoms with Gasteiger partial charge in [-0.25, -0.2) is 0 Å². The van der Waals surface area contributed by atoms with Gasteiger partial charge in [-0.05, 0) is 24.8 Å². The van der Waals surface area contributed by atoms with E-state index in [1.807, 2.05) is 38.1 Å². The van der Waals surface area contributed by atoms with Crippen LogP contribution in [0.1, 0.15) is 36.9 Å². The Labute approximate surface area is 112 Å². The van der Waals surface area contributed by atoms with Crippen molar-refractivity contribution in [1.29, 1.82) is 0 Å². The molecule has 3 unspecified atom stereocenters. The third-order valence-electron chi connectivity index (χ3n) is 3.62. The molecule has 1 fully saturated rings. The summed E-state index contributed by atoms with van der Waals surface area (Å²) in [4.78, 5) is 22.9. The van der Waals surface area contributed by atoms with Gasteiger partial charge in [-0.2, -0.15) is 0 Å². The van der Waals surface area contributed by atoms with Gasteiger partial charge in [-0.3, -0.25) is 9.59 Å². The second-order valence-corrected chi connectivity index (χ2v) is 5.39. The summed E-state index contributed by atoms with van der Waals surface area (Å²) in [5.41, 5.74) is 1.95. The minimum absolute atomic E-state index is 0.0284. The summed E-state index contributed by atoms with van der Waals surface area (Å²) in [5.74, 6) is -0.459. The van der Waals surface area contributed by atoms with Gasteiger partial charge in [0, 0.05) is 5.92 Å². The lowest BCUT2D eigenvalue weighted by molar-refractivity contribution is -0.137. The normalized spacial score (nSPS) is 22.6. The lowest BCUT2D eigenvalue weighted by atomic mass is 10.0. The molecule has 1 aromatic carbocycles. The van der Waals surface area contributed by atoms with Crippen LogP contribution >= 0.6 is 0 Å². The lowest BCUT2D eigenvalue weighted by Crippen LogP contribution is -2.31. The van der Waals surface area contributed by atoms with Crippen molar-refractivity contribution in [1.82, 2.24) is 5.32 Å². The maximum absolute atomic E-state index is 11.9. The molecule has 0 radical (unpaired) electrons. The summed E-state index contributed by atoms with van der Waals surface area (Å²) in [6, 6.07) is 7.16. The maximum Gasteiger partial charge on any atom is 0.305 e. The van der Waals surface area contributed by atoms with E-state index in [0.29, 0.717) is 5.92 Å². The van der Waals surface area contributed by atoms with E-state index >= 15 is 0 Å². The second-order valence-electron chi connectivity index (χ2n) is 5.39. The molecule has 0 aromatic heterocycles. The van der Waals surface area contributed by atoms with E-state index in [-0.39, 0.29) is 18.2 Å². The first-order valence-electron chi connectivity index (χ1n) is 6.56. The number of aryl methyl sites for hydroxylation is 1. The van der Waals surface area contributed by atoms with E-state index in [0.717, 1.165) is 17.5 Å². The zero-order chi connectivity index (χ0) is 14.0. The molecule has 0 spiro atoms. The number of nitrogens with one attached hydrogen (secondary N) is 1. The number of hydrogen-bond acceptors (Lipinski definition) is 2. The van der Waals surface area contributed by atoms with Crippen molar-refractivity contribution in [3.63, 3.8) is 0 Å². The van der Waals surface area contributed by atoms with Gasteiger partial charge in [0.15, 0.2) is 0 Å². The third-order valence-corrected chi connectivity index (χ3v) is 3.62. The van der Waals surface area contributed by atoms with E-state index in [1.54, 1.807) is 0 Å². The van der Waals surface area contributed by atoms with Crippen LogP contribution in [0.3, 0.4) is 0 Å². The van der Waals surface area contributed by atoms with Gasteiger partial charge in [0.05, 0.1) is 12.5 Å². The SMILES string of the molecule is Cc1ccc(C(CC(=O)O)NC(=O)C2CC2C)cc1. The van der Waals surface area contributed by atoms with Crippen LogP contribution < -0.4 is 5.32 Å². The summed E-state index contributed by atoms with van der Waals surface area (Å²) >= 11 is 0. The number of amides is 1. The molecule has 19 heavy (non-hydrogen) atoms. The van der Waals surface area contributed by atoms with Gasteiger partial charge in [-0.1, -0.05) is 36.8 Å². The molecule has 2 N–H and O–H groups in total. The molecule has 1 amide bonds. The van der Waals surface area contributed by atoms with Crippen LogP contribution in [0.4, 0.5) is 0 Å². The molecule has 1 aliphatic carbocycles. The largest absolute Gasteiger partial charge is 0.481 e. The summed E-state index contributed by atoms with van der Waals surface area (Å²) in [6.07, 6.45) is 0.815. The van der Waals surface area contributed by atoms with Crippen LogP contribution in [-0.2, 0) is 9.59 Å². The van der Waals surface area contributed by atoms with Gasteiger partial charge in [0.1, 0.15) is 0 Å². The third kappa shape index (κ3) is 3.56. The molecule has 1 saturated carbocycles. The molecule has 3 atom stereocenters. The van der Waals surface area contributed by atoms with E-state index in [4.69, 9.17) is 5.11 Å². The molecule has 1 aromatic rings. The average Bonchev–Trinajstić information content (AvgIpc) is 3.06. The van der Waals surface area contributed by atoms with Crippen molar-refractivity contribution >= 4 is 11.9 Å². The first-order valence-corrected chi connectivity index (χ1v) is 6.56. The van der Waals surface area contributed by atoms with Crippen molar-refractivity contribution in [2.24, 2.45) is 11.8 Å². The summed E-state index contributed by atoms with van der Waals surface area (Å²) < 4.78 is 0. The number of carbonyl (C=O) groups excluding carboxylic acids is 1. The number of carboxylic acids is 1. The number of benzene rings is 1. The fourth-order valence-electron chi connectivity index (χ4n) is 2.19. The highest BCUT2D eigenvalue weighted by molar-refractivity contribution is 5.82. The topological polar surface area (TPSA) is 66.4 Å². The Balaban J connectivity index is 2.09. The Bertz CT molecular complexity index is 481. The Morgan fingerprint density at radius 3 is 2.42 bits per heavy atom. The van der Waals surface area contributed by atoms with Gasteiger partial charge in [0.2, 0.25) is 5.91 Å². The van der Waals surface area contributed by atoms with E-state index < -0.39 is 12.0 Å². The first kappa shape index (κ1) is 13.6. The highest BCUT2D eigenvalue weighted by atomic mass is 16.4. The van der Waals surface area contributed by atoms with E-state index in [9.17, 15) is 9.59 Å². The molecule has 102 valence electrons. The number of carbonyl (C=O) groups is 2. The Kier molecular flexibility index (Phi) is 3.88. The monoisotopic (exact) mass is 261 g/mol. The van der Waals surface area contributed by atoms with Crippen LogP contribution in [0, 0.1) is 18.8 Å². The van der Waals surface area contributed by atoms with Crippen molar-refractivity contribution in [2.75, 3.05) is 0 Å². The molecule has 2 rings (SSSR count). The van der Waals surface area contributed by atoms with Gasteiger partial charge in [0.25, 0.3) is 0 Å². The van der Waals surface area contributed by atoms with E-state index in [2.05, 4.69) is 5.32 Å². The molecule has 0 saturated heterocycles. The summed E-state index contributed by atoms with van der Waals surface area (Å²) in [6.45, 7) is 4.00. The van der Waals surface area contributed by atoms with Gasteiger partial charge < -0.3 is 10.4 Å². The highest BCUT2D eigenvalue weighted by Gasteiger charge is 2.39. The second kappa shape index (κ2) is 5.43. The van der Waals surface area contributed by atoms with E-state index in [1.165, 1.54) is 0 Å². The van der Waals surface area contributed by atoms with Crippen molar-refractivity contribution < 1.29 is 14.7 Å². The number of aliphatic carboxylic acids is 1. The molecular formula is C15H19NO3. The summed E-state index contributed by atoms with van der Waals surface area (Å²) in [7, 11) is 0. The summed E-state index contributed by atoms with van der Waals surface area (Å²) in [5, 5.41) is 11.8. The van der Waals surface area contributed by atoms with Crippen molar-refractivity contribution in [3.8, 4) is 0 Å². The zero-order valence-electron chi connectivity index (χ0n) is 11.2. The molecule has 1 aliphatic rings. The highest BCUT2D eigenvalue weighted by Crippen LogP contribution is 2.38. The van der Waals surface area contributed by atoms with Crippen molar-refractivity contribution in [3.05, 3.63) is 35.4 Å². The standard InChI is InChI=1S/C15H19NO3/c1-9-3-5-11(6-4-9)13(8-14(17)18)16-15(19)12-7-10(12)2/h3-6,10,12-13H,7-8H2,1-2H3,(H,16,19)(H,17,18). The minimum Gasteiger partial charge on any atom is -0.481 e. The Morgan fingerprint density at radius 1 is 1.37 bits per heavy atom. The van der Waals surface area contributed by atoms with Crippen LogP contribution in [0.2, 0.25) is 0 Å². The molecule has 0 aliphatic heterocycles. The molecule has 4 heteroatoms. The average molecular weight is 261 g/mol. The fourth-order valence-corrected chi connectivity index (χ4v) is 2.19. The molecule has 4 nitrogen and oxygen atoms in total. The smallest absolute Gasteiger partial charge is 0.305 e. The van der Waals surface area contributed by atoms with Gasteiger partial charge in [-0.15, -0.1) is 0 Å². The number of hydrogen-bond donors (Lipinski definition) is 2. The number of rotatable bonds is 5. The predicted octanol–water partition coefficient (Wildman–Crippen LogP) is 2.28. The zero-order valence-corrected chi connectivity index (χ0v) is 11.2. The number of carboxylic acid groups (broad SMARTS) is 1. The Morgan fingerprint density at radius 2 is 1.95 bits per heavy atom. The molecule has 0 bridgehead atoms. The molecule has 0 heterocycles. The van der Waals surface area contributed by atoms with Crippen LogP contribution in [0.25, 0.3) is 0 Å². The fraction of sp³-hybridized carbons (Fsp3) is 0.467. The van der Waals surface area contributed by atoms with Gasteiger partial charge >= 0.3 is 5.97 Å². The Hall–Kier alpha value is -1.84. The maximum atomic E-state index is 11.9. The van der Waals surface area contributed by atoms with Crippen LogP contribution in [0.15, 0.2) is 24.3 Å². The van der Waals surface area contributed by atoms with Crippen molar-refractivity contribution in [2.45, 2.75) is 32.7 Å². The minimum atomic E-state index is -0.908. The van der Waals surface area contributed by atoms with Crippen LogP contribution in [-0.4, -0.2) is 17.0 Å². The predicted molar refractivity (Wildman–Crippen MR) is 71.6 cm³/mol.